The first kappa shape index (κ1) is 28.3. The quantitative estimate of drug-likeness (QED) is 0.184. The van der Waals surface area contributed by atoms with Crippen molar-refractivity contribution in [2.24, 2.45) is 0 Å². The van der Waals surface area contributed by atoms with Gasteiger partial charge in [0.2, 0.25) is 0 Å². The molecule has 0 atom stereocenters. The lowest BCUT2D eigenvalue weighted by Crippen LogP contribution is -2.01. The van der Waals surface area contributed by atoms with Gasteiger partial charge in [0.25, 0.3) is 0 Å². The van der Waals surface area contributed by atoms with Crippen LogP contribution in [0.3, 0.4) is 0 Å². The largest absolute Gasteiger partial charge is 0.307 e. The Balaban J connectivity index is 1.26. The van der Waals surface area contributed by atoms with Crippen molar-refractivity contribution in [2.45, 2.75) is 0 Å². The molecule has 50 heavy (non-hydrogen) atoms. The average Bonchev–Trinajstić information content (AvgIpc) is 3.72. The summed E-state index contributed by atoms with van der Waals surface area (Å²) >= 11 is 0. The summed E-state index contributed by atoms with van der Waals surface area (Å²) in [6, 6.07) is 67.2. The first-order chi connectivity index (χ1) is 24.8. The molecule has 0 N–H and O–H groups in total. The molecule has 3 heterocycles. The molecule has 0 fully saturated rings. The zero-order valence-corrected chi connectivity index (χ0v) is 27.2. The van der Waals surface area contributed by atoms with E-state index in [1.165, 1.54) is 54.8 Å². The first-order valence-electron chi connectivity index (χ1n) is 17.1. The maximum atomic E-state index is 5.29. The molecule has 0 radical (unpaired) electrons. The Morgan fingerprint density at radius 3 is 1.52 bits per heavy atom. The Morgan fingerprint density at radius 1 is 0.320 bits per heavy atom. The molecular weight excluding hydrogens is 607 g/mol. The van der Waals surface area contributed by atoms with E-state index in [-0.39, 0.29) is 0 Å². The van der Waals surface area contributed by atoms with Crippen LogP contribution in [-0.4, -0.2) is 14.1 Å². The van der Waals surface area contributed by atoms with Gasteiger partial charge in [-0.05, 0) is 64.7 Å². The second-order valence-electron chi connectivity index (χ2n) is 12.8. The van der Waals surface area contributed by atoms with Crippen LogP contribution < -0.4 is 0 Å². The second-order valence-corrected chi connectivity index (χ2v) is 12.8. The Labute approximate surface area is 290 Å². The summed E-state index contributed by atoms with van der Waals surface area (Å²) in [6.45, 7) is 0. The minimum Gasteiger partial charge on any atom is -0.307 e. The zero-order valence-electron chi connectivity index (χ0n) is 27.2. The maximum absolute atomic E-state index is 5.29. The van der Waals surface area contributed by atoms with Gasteiger partial charge in [-0.25, -0.2) is 4.98 Å². The standard InChI is InChI=1S/C47H31N3/c1-3-14-32(15-4-1)34-18-11-19-35(30-34)36-20-12-21-37(31-36)49-43-25-9-7-22-38(43)40-28-29-41-39-23-8-10-26-44(39)50(47(41)46(40)49)45-27-13-24-42(48-45)33-16-5-2-6-17-33/h1-31H. The van der Waals surface area contributed by atoms with Crippen molar-refractivity contribution in [2.75, 3.05) is 0 Å². The Bertz CT molecular complexity index is 2860. The first-order valence-corrected chi connectivity index (χ1v) is 17.1. The highest BCUT2D eigenvalue weighted by Gasteiger charge is 2.22. The van der Waals surface area contributed by atoms with Crippen molar-refractivity contribution in [1.82, 2.24) is 14.1 Å². The van der Waals surface area contributed by atoms with Crippen molar-refractivity contribution in [3.63, 3.8) is 0 Å². The predicted octanol–water partition coefficient (Wildman–Crippen LogP) is 12.3. The van der Waals surface area contributed by atoms with E-state index in [1.54, 1.807) is 0 Å². The maximum Gasteiger partial charge on any atom is 0.138 e. The molecule has 7 aromatic carbocycles. The monoisotopic (exact) mass is 637 g/mol. The van der Waals surface area contributed by atoms with Crippen molar-refractivity contribution in [1.29, 1.82) is 0 Å². The number of hydrogen-bond acceptors (Lipinski definition) is 1. The lowest BCUT2D eigenvalue weighted by molar-refractivity contribution is 1.08. The summed E-state index contributed by atoms with van der Waals surface area (Å²) in [6.07, 6.45) is 0. The number of rotatable bonds is 5. The number of nitrogens with zero attached hydrogens (tertiary/aromatic N) is 3. The summed E-state index contributed by atoms with van der Waals surface area (Å²) in [5.74, 6) is 0.897. The number of aromatic nitrogens is 3. The fourth-order valence-electron chi connectivity index (χ4n) is 7.66. The second kappa shape index (κ2) is 11.5. The van der Waals surface area contributed by atoms with Gasteiger partial charge in [-0.3, -0.25) is 4.57 Å². The summed E-state index contributed by atoms with van der Waals surface area (Å²) in [5.41, 5.74) is 12.6. The van der Waals surface area contributed by atoms with E-state index in [2.05, 4.69) is 191 Å². The fraction of sp³-hybridized carbons (Fsp3) is 0. The number of hydrogen-bond donors (Lipinski definition) is 0. The molecule has 0 amide bonds. The Morgan fingerprint density at radius 2 is 0.820 bits per heavy atom. The van der Waals surface area contributed by atoms with Gasteiger partial charge < -0.3 is 4.57 Å². The average molecular weight is 638 g/mol. The van der Waals surface area contributed by atoms with E-state index < -0.39 is 0 Å². The van der Waals surface area contributed by atoms with Gasteiger partial charge in [0, 0.05) is 32.8 Å². The molecule has 3 heteroatoms. The van der Waals surface area contributed by atoms with E-state index in [0.717, 1.165) is 33.8 Å². The van der Waals surface area contributed by atoms with Gasteiger partial charge in [0.1, 0.15) is 5.82 Å². The fourth-order valence-corrected chi connectivity index (χ4v) is 7.66. The van der Waals surface area contributed by atoms with Crippen LogP contribution in [0.1, 0.15) is 0 Å². The SMILES string of the molecule is c1ccc(-c2cccc(-c3cccc(-n4c5ccccc5c5ccc6c7ccccc7n(-c7cccc(-c8ccccc8)n7)c6c54)c3)c2)cc1. The molecular formula is C47H31N3. The molecule has 3 aromatic heterocycles. The lowest BCUT2D eigenvalue weighted by Gasteiger charge is -2.14. The highest BCUT2D eigenvalue weighted by molar-refractivity contribution is 6.23. The highest BCUT2D eigenvalue weighted by Crippen LogP contribution is 2.42. The van der Waals surface area contributed by atoms with E-state index in [9.17, 15) is 0 Å². The predicted molar refractivity (Wildman–Crippen MR) is 209 cm³/mol. The van der Waals surface area contributed by atoms with Crippen LogP contribution in [0.5, 0.6) is 0 Å². The molecule has 3 nitrogen and oxygen atoms in total. The topological polar surface area (TPSA) is 22.8 Å². The zero-order chi connectivity index (χ0) is 33.0. The van der Waals surface area contributed by atoms with Crippen LogP contribution >= 0.6 is 0 Å². The molecule has 10 rings (SSSR count). The summed E-state index contributed by atoms with van der Waals surface area (Å²) in [7, 11) is 0. The summed E-state index contributed by atoms with van der Waals surface area (Å²) in [5, 5.41) is 4.85. The van der Waals surface area contributed by atoms with Crippen LogP contribution in [0.15, 0.2) is 188 Å². The van der Waals surface area contributed by atoms with Gasteiger partial charge in [0.05, 0.1) is 27.8 Å². The molecule has 0 saturated heterocycles. The van der Waals surface area contributed by atoms with Crippen LogP contribution in [0, 0.1) is 0 Å². The Hall–Kier alpha value is -6.71. The van der Waals surface area contributed by atoms with Crippen LogP contribution in [0.25, 0.3) is 88.6 Å². The summed E-state index contributed by atoms with van der Waals surface area (Å²) in [4.78, 5) is 5.29. The van der Waals surface area contributed by atoms with Gasteiger partial charge in [0.15, 0.2) is 0 Å². The van der Waals surface area contributed by atoms with Crippen molar-refractivity contribution >= 4 is 43.6 Å². The third kappa shape index (κ3) is 4.48. The van der Waals surface area contributed by atoms with E-state index in [4.69, 9.17) is 4.98 Å². The van der Waals surface area contributed by atoms with Crippen LogP contribution in [0.4, 0.5) is 0 Å². The lowest BCUT2D eigenvalue weighted by atomic mass is 9.99. The molecule has 10 aromatic rings. The normalized spacial score (nSPS) is 11.6. The molecule has 0 aliphatic rings. The highest BCUT2D eigenvalue weighted by atomic mass is 15.1. The molecule has 0 unspecified atom stereocenters. The Kier molecular flexibility index (Phi) is 6.49. The molecule has 0 bridgehead atoms. The van der Waals surface area contributed by atoms with E-state index >= 15 is 0 Å². The van der Waals surface area contributed by atoms with Crippen molar-refractivity contribution in [3.05, 3.63) is 188 Å². The number of fused-ring (bicyclic) bond motifs is 7. The molecule has 234 valence electrons. The van der Waals surface area contributed by atoms with Crippen molar-refractivity contribution in [3.8, 4) is 45.0 Å². The van der Waals surface area contributed by atoms with E-state index in [0.29, 0.717) is 0 Å². The molecule has 0 aliphatic heterocycles. The minimum absolute atomic E-state index is 0.897. The number of para-hydroxylation sites is 2. The van der Waals surface area contributed by atoms with Gasteiger partial charge in [-0.1, -0.05) is 146 Å². The van der Waals surface area contributed by atoms with Gasteiger partial charge in [-0.15, -0.1) is 0 Å². The third-order valence-corrected chi connectivity index (χ3v) is 9.91. The summed E-state index contributed by atoms with van der Waals surface area (Å²) < 4.78 is 4.82. The van der Waals surface area contributed by atoms with Crippen molar-refractivity contribution < 1.29 is 0 Å². The minimum atomic E-state index is 0.897. The number of pyridine rings is 1. The molecule has 0 spiro atoms. The number of benzene rings is 7. The van der Waals surface area contributed by atoms with E-state index in [1.807, 2.05) is 6.07 Å². The van der Waals surface area contributed by atoms with Gasteiger partial charge >= 0.3 is 0 Å². The molecule has 0 saturated carbocycles. The van der Waals surface area contributed by atoms with Gasteiger partial charge in [-0.2, -0.15) is 0 Å². The molecule has 0 aliphatic carbocycles. The van der Waals surface area contributed by atoms with Crippen LogP contribution in [0.2, 0.25) is 0 Å². The smallest absolute Gasteiger partial charge is 0.138 e. The van der Waals surface area contributed by atoms with Crippen LogP contribution in [-0.2, 0) is 0 Å². The third-order valence-electron chi connectivity index (χ3n) is 9.91.